The summed E-state index contributed by atoms with van der Waals surface area (Å²) in [7, 11) is 0. The first-order valence-electron chi connectivity index (χ1n) is 11.6. The highest BCUT2D eigenvalue weighted by atomic mass is 32.2. The van der Waals surface area contributed by atoms with Gasteiger partial charge in [0.2, 0.25) is 11.8 Å². The number of thioether (sulfide) groups is 1. The summed E-state index contributed by atoms with van der Waals surface area (Å²) in [5.74, 6) is 0.326. The Morgan fingerprint density at radius 3 is 2.56 bits per heavy atom. The minimum atomic E-state index is -0.00978. The van der Waals surface area contributed by atoms with Gasteiger partial charge >= 0.3 is 0 Å². The van der Waals surface area contributed by atoms with E-state index in [0.717, 1.165) is 42.5 Å². The van der Waals surface area contributed by atoms with Crippen LogP contribution in [0, 0.1) is 13.8 Å². The van der Waals surface area contributed by atoms with Gasteiger partial charge in [-0.25, -0.2) is 4.98 Å². The molecular formula is C26H31N5O2S. The molecule has 8 heteroatoms. The summed E-state index contributed by atoms with van der Waals surface area (Å²) in [6, 6.07) is 15.8. The van der Waals surface area contributed by atoms with Gasteiger partial charge in [-0.1, -0.05) is 42.1 Å². The third-order valence-corrected chi connectivity index (χ3v) is 7.12. The normalized spacial score (nSPS) is 14.6. The van der Waals surface area contributed by atoms with E-state index in [1.165, 1.54) is 22.9 Å². The SMILES string of the molecule is Cc1cccc(-n2ccnc2SCC(=O)NC2CCN(CC(=O)Nc3ccccc3)CC2)c1C. The second kappa shape index (κ2) is 11.4. The third kappa shape index (κ3) is 6.27. The molecule has 0 spiro atoms. The van der Waals surface area contributed by atoms with Crippen molar-refractivity contribution in [3.05, 3.63) is 72.1 Å². The van der Waals surface area contributed by atoms with Crippen LogP contribution in [0.2, 0.25) is 0 Å². The van der Waals surface area contributed by atoms with Gasteiger partial charge in [-0.05, 0) is 56.0 Å². The van der Waals surface area contributed by atoms with Crippen molar-refractivity contribution < 1.29 is 9.59 Å². The van der Waals surface area contributed by atoms with Gasteiger partial charge in [-0.2, -0.15) is 0 Å². The van der Waals surface area contributed by atoms with E-state index in [9.17, 15) is 9.59 Å². The lowest BCUT2D eigenvalue weighted by molar-refractivity contribution is -0.120. The maximum atomic E-state index is 12.6. The molecule has 3 aromatic rings. The van der Waals surface area contributed by atoms with Gasteiger partial charge in [-0.3, -0.25) is 19.1 Å². The van der Waals surface area contributed by atoms with Gasteiger partial charge in [0.15, 0.2) is 5.16 Å². The maximum Gasteiger partial charge on any atom is 0.238 e. The summed E-state index contributed by atoms with van der Waals surface area (Å²) < 4.78 is 2.04. The minimum Gasteiger partial charge on any atom is -0.353 e. The zero-order chi connectivity index (χ0) is 23.9. The van der Waals surface area contributed by atoms with E-state index in [2.05, 4.69) is 46.5 Å². The van der Waals surface area contributed by atoms with Crippen molar-refractivity contribution in [1.82, 2.24) is 19.8 Å². The van der Waals surface area contributed by atoms with Crippen LogP contribution in [0.4, 0.5) is 5.69 Å². The van der Waals surface area contributed by atoms with Crippen molar-refractivity contribution >= 4 is 29.3 Å². The second-order valence-electron chi connectivity index (χ2n) is 8.62. The highest BCUT2D eigenvalue weighted by Gasteiger charge is 2.22. The van der Waals surface area contributed by atoms with E-state index < -0.39 is 0 Å². The fourth-order valence-electron chi connectivity index (χ4n) is 4.14. The average Bonchev–Trinajstić information content (AvgIpc) is 3.30. The molecule has 1 aliphatic rings. The minimum absolute atomic E-state index is 0.00978. The zero-order valence-electron chi connectivity index (χ0n) is 19.7. The summed E-state index contributed by atoms with van der Waals surface area (Å²) in [6.45, 7) is 6.14. The molecule has 2 heterocycles. The third-order valence-electron chi connectivity index (χ3n) is 6.15. The smallest absolute Gasteiger partial charge is 0.238 e. The first-order chi connectivity index (χ1) is 16.5. The molecule has 2 aromatic carbocycles. The zero-order valence-corrected chi connectivity index (χ0v) is 20.5. The number of piperidine rings is 1. The van der Waals surface area contributed by atoms with Crippen molar-refractivity contribution in [1.29, 1.82) is 0 Å². The number of anilines is 1. The molecule has 2 amide bonds. The highest BCUT2D eigenvalue weighted by molar-refractivity contribution is 7.99. The quantitative estimate of drug-likeness (QED) is 0.483. The molecule has 2 N–H and O–H groups in total. The van der Waals surface area contributed by atoms with Crippen molar-refractivity contribution in [2.45, 2.75) is 37.9 Å². The molecule has 1 aromatic heterocycles. The number of aromatic nitrogens is 2. The van der Waals surface area contributed by atoms with E-state index >= 15 is 0 Å². The van der Waals surface area contributed by atoms with Gasteiger partial charge in [0, 0.05) is 37.2 Å². The maximum absolute atomic E-state index is 12.6. The Kier molecular flexibility index (Phi) is 8.03. The van der Waals surface area contributed by atoms with E-state index in [1.54, 1.807) is 6.20 Å². The van der Waals surface area contributed by atoms with Gasteiger partial charge in [0.05, 0.1) is 18.0 Å². The molecule has 1 fully saturated rings. The number of aryl methyl sites for hydroxylation is 1. The van der Waals surface area contributed by atoms with Crippen LogP contribution in [0.15, 0.2) is 66.1 Å². The molecule has 178 valence electrons. The number of carbonyl (C=O) groups excluding carboxylic acids is 2. The fraction of sp³-hybridized carbons (Fsp3) is 0.346. The van der Waals surface area contributed by atoms with Crippen LogP contribution in [0.3, 0.4) is 0 Å². The van der Waals surface area contributed by atoms with Gasteiger partial charge in [0.1, 0.15) is 0 Å². The van der Waals surface area contributed by atoms with Gasteiger partial charge < -0.3 is 10.6 Å². The molecule has 1 saturated heterocycles. The Hall–Kier alpha value is -3.10. The monoisotopic (exact) mass is 477 g/mol. The molecule has 0 atom stereocenters. The molecule has 0 unspecified atom stereocenters. The second-order valence-corrected chi connectivity index (χ2v) is 9.56. The van der Waals surface area contributed by atoms with Crippen molar-refractivity contribution in [2.24, 2.45) is 0 Å². The largest absolute Gasteiger partial charge is 0.353 e. The highest BCUT2D eigenvalue weighted by Crippen LogP contribution is 2.24. The lowest BCUT2D eigenvalue weighted by Gasteiger charge is -2.31. The number of imidazole rings is 1. The van der Waals surface area contributed by atoms with E-state index in [0.29, 0.717) is 12.3 Å². The summed E-state index contributed by atoms with van der Waals surface area (Å²) in [5.41, 5.74) is 4.33. The molecular weight excluding hydrogens is 446 g/mol. The molecule has 0 aliphatic carbocycles. The van der Waals surface area contributed by atoms with Crippen LogP contribution in [-0.4, -0.2) is 57.7 Å². The van der Waals surface area contributed by atoms with E-state index in [-0.39, 0.29) is 17.9 Å². The molecule has 0 radical (unpaired) electrons. The van der Waals surface area contributed by atoms with Crippen LogP contribution in [0.1, 0.15) is 24.0 Å². The fourth-order valence-corrected chi connectivity index (χ4v) is 4.91. The standard InChI is InChI=1S/C26H31N5O2S/c1-19-7-6-10-23(20(19)2)31-16-13-27-26(31)34-18-25(33)29-22-11-14-30(15-12-22)17-24(32)28-21-8-4-3-5-9-21/h3-10,13,16,22H,11-12,14-15,17-18H2,1-2H3,(H,28,32)(H,29,33). The number of carbonyl (C=O) groups is 2. The Morgan fingerprint density at radius 2 is 1.79 bits per heavy atom. The number of nitrogens with zero attached hydrogens (tertiary/aromatic N) is 3. The van der Waals surface area contributed by atoms with E-state index in [1.807, 2.05) is 47.2 Å². The summed E-state index contributed by atoms with van der Waals surface area (Å²) in [5, 5.41) is 6.88. The molecule has 4 rings (SSSR count). The Morgan fingerprint density at radius 1 is 1.03 bits per heavy atom. The number of likely N-dealkylation sites (tertiary alicyclic amines) is 1. The first kappa shape index (κ1) is 24.0. The summed E-state index contributed by atoms with van der Waals surface area (Å²) >= 11 is 1.45. The summed E-state index contributed by atoms with van der Waals surface area (Å²) in [4.78, 5) is 31.5. The molecule has 1 aliphatic heterocycles. The van der Waals surface area contributed by atoms with Crippen molar-refractivity contribution in [3.8, 4) is 5.69 Å². The molecule has 0 bridgehead atoms. The molecule has 34 heavy (non-hydrogen) atoms. The lowest BCUT2D eigenvalue weighted by atomic mass is 10.1. The predicted molar refractivity (Wildman–Crippen MR) is 136 cm³/mol. The number of para-hydroxylation sites is 1. The predicted octanol–water partition coefficient (Wildman–Crippen LogP) is 3.80. The van der Waals surface area contributed by atoms with Crippen LogP contribution in [0.25, 0.3) is 5.69 Å². The van der Waals surface area contributed by atoms with Crippen molar-refractivity contribution in [3.63, 3.8) is 0 Å². The van der Waals surface area contributed by atoms with E-state index in [4.69, 9.17) is 0 Å². The van der Waals surface area contributed by atoms with Gasteiger partial charge in [-0.15, -0.1) is 0 Å². The number of nitrogens with one attached hydrogen (secondary N) is 2. The van der Waals surface area contributed by atoms with Crippen LogP contribution in [-0.2, 0) is 9.59 Å². The average molecular weight is 478 g/mol. The Bertz CT molecular complexity index is 1120. The van der Waals surface area contributed by atoms with Crippen LogP contribution >= 0.6 is 11.8 Å². The number of hydrogen-bond acceptors (Lipinski definition) is 5. The van der Waals surface area contributed by atoms with Crippen molar-refractivity contribution in [2.75, 3.05) is 30.7 Å². The number of hydrogen-bond donors (Lipinski definition) is 2. The number of amides is 2. The Balaban J connectivity index is 1.21. The van der Waals surface area contributed by atoms with Crippen LogP contribution in [0.5, 0.6) is 0 Å². The first-order valence-corrected chi connectivity index (χ1v) is 12.6. The number of benzene rings is 2. The number of rotatable bonds is 8. The Labute approximate surface area is 204 Å². The summed E-state index contributed by atoms with van der Waals surface area (Å²) in [6.07, 6.45) is 5.38. The van der Waals surface area contributed by atoms with Gasteiger partial charge in [0.25, 0.3) is 0 Å². The topological polar surface area (TPSA) is 79.3 Å². The van der Waals surface area contributed by atoms with Crippen LogP contribution < -0.4 is 10.6 Å². The molecule has 7 nitrogen and oxygen atoms in total. The lowest BCUT2D eigenvalue weighted by Crippen LogP contribution is -2.47. The molecule has 0 saturated carbocycles.